The Morgan fingerprint density at radius 2 is 1.74 bits per heavy atom. The van der Waals surface area contributed by atoms with Gasteiger partial charge in [0.2, 0.25) is 0 Å². The van der Waals surface area contributed by atoms with Gasteiger partial charge in [0.05, 0.1) is 20.8 Å². The van der Waals surface area contributed by atoms with Crippen molar-refractivity contribution in [3.63, 3.8) is 0 Å². The summed E-state index contributed by atoms with van der Waals surface area (Å²) in [5.74, 6) is 1.04. The molecule has 4 rings (SSSR count). The number of ether oxygens (including phenoxy) is 2. The predicted octanol–water partition coefficient (Wildman–Crippen LogP) is 4.15. The van der Waals surface area contributed by atoms with Gasteiger partial charge in [-0.3, -0.25) is 14.6 Å². The summed E-state index contributed by atoms with van der Waals surface area (Å²) in [6.07, 6.45) is 3.81. The number of benzene rings is 2. The first-order chi connectivity index (χ1) is 16.4. The summed E-state index contributed by atoms with van der Waals surface area (Å²) in [7, 11) is 3.13. The summed E-state index contributed by atoms with van der Waals surface area (Å²) >= 11 is 1.74. The van der Waals surface area contributed by atoms with E-state index < -0.39 is 5.54 Å². The molecule has 0 saturated carbocycles. The average Bonchev–Trinajstić information content (AvgIpc) is 3.08. The number of methoxy groups -OCH3 is 2. The number of hydrogen-bond acceptors (Lipinski definition) is 6. The van der Waals surface area contributed by atoms with Crippen molar-refractivity contribution in [2.75, 3.05) is 33.6 Å². The standard InChI is InChI=1S/C26H33N3O4S/c1-26(20-12-14-28(15-13-20)16-18-8-10-21(34-4)11-9-18)24(30)29(25(31)27-26)17-19-6-5-7-22(32-2)23(19)33-3/h5-11,20H,12-17H2,1-4H3,(H,27,31)/t26-/m0/s1. The van der Waals surface area contributed by atoms with E-state index >= 15 is 0 Å². The molecule has 182 valence electrons. The highest BCUT2D eigenvalue weighted by Gasteiger charge is 2.52. The van der Waals surface area contributed by atoms with Crippen molar-refractivity contribution < 1.29 is 19.1 Å². The number of carbonyl (C=O) groups is 2. The number of carbonyl (C=O) groups excluding carboxylic acids is 2. The van der Waals surface area contributed by atoms with Gasteiger partial charge in [0.25, 0.3) is 5.91 Å². The lowest BCUT2D eigenvalue weighted by Gasteiger charge is -2.39. The Hall–Kier alpha value is -2.71. The van der Waals surface area contributed by atoms with Gasteiger partial charge in [0.1, 0.15) is 5.54 Å². The van der Waals surface area contributed by atoms with Crippen LogP contribution in [0, 0.1) is 5.92 Å². The second-order valence-electron chi connectivity index (χ2n) is 9.07. The number of nitrogens with one attached hydrogen (secondary N) is 1. The molecule has 1 N–H and O–H groups in total. The fourth-order valence-electron chi connectivity index (χ4n) is 5.04. The molecule has 2 saturated heterocycles. The maximum Gasteiger partial charge on any atom is 0.325 e. The molecule has 2 fully saturated rings. The molecule has 0 unspecified atom stereocenters. The SMILES string of the molecule is COc1cccc(CN2C(=O)N[C@@](C)(C3CCN(Cc4ccc(SC)cc4)CC3)C2=O)c1OC. The van der Waals surface area contributed by atoms with Gasteiger partial charge in [-0.2, -0.15) is 0 Å². The van der Waals surface area contributed by atoms with E-state index in [-0.39, 0.29) is 24.4 Å². The van der Waals surface area contributed by atoms with Crippen LogP contribution in [0.1, 0.15) is 30.9 Å². The zero-order chi connectivity index (χ0) is 24.3. The van der Waals surface area contributed by atoms with Gasteiger partial charge < -0.3 is 14.8 Å². The molecule has 2 heterocycles. The van der Waals surface area contributed by atoms with Crippen LogP contribution in [0.2, 0.25) is 0 Å². The highest BCUT2D eigenvalue weighted by molar-refractivity contribution is 7.98. The van der Waals surface area contributed by atoms with Gasteiger partial charge in [-0.25, -0.2) is 4.79 Å². The van der Waals surface area contributed by atoms with Crippen molar-refractivity contribution in [2.45, 2.75) is 43.3 Å². The summed E-state index contributed by atoms with van der Waals surface area (Å²) in [4.78, 5) is 31.3. The molecule has 8 heteroatoms. The second-order valence-corrected chi connectivity index (χ2v) is 9.95. The monoisotopic (exact) mass is 483 g/mol. The van der Waals surface area contributed by atoms with Gasteiger partial charge >= 0.3 is 6.03 Å². The molecule has 0 spiro atoms. The zero-order valence-electron chi connectivity index (χ0n) is 20.3. The van der Waals surface area contributed by atoms with E-state index in [4.69, 9.17) is 9.47 Å². The number of hydrogen-bond donors (Lipinski definition) is 1. The summed E-state index contributed by atoms with van der Waals surface area (Å²) in [5, 5.41) is 3.01. The Kier molecular flexibility index (Phi) is 7.38. The molecule has 0 aromatic heterocycles. The fourth-order valence-corrected chi connectivity index (χ4v) is 5.45. The van der Waals surface area contributed by atoms with E-state index in [0.717, 1.165) is 38.0 Å². The zero-order valence-corrected chi connectivity index (χ0v) is 21.1. The summed E-state index contributed by atoms with van der Waals surface area (Å²) in [6, 6.07) is 13.8. The minimum atomic E-state index is -0.894. The minimum Gasteiger partial charge on any atom is -0.493 e. The molecule has 3 amide bonds. The lowest BCUT2D eigenvalue weighted by Crippen LogP contribution is -2.53. The highest BCUT2D eigenvalue weighted by Crippen LogP contribution is 2.36. The van der Waals surface area contributed by atoms with E-state index in [1.54, 1.807) is 32.0 Å². The van der Waals surface area contributed by atoms with Crippen LogP contribution in [0.25, 0.3) is 0 Å². The average molecular weight is 484 g/mol. The molecule has 0 bridgehead atoms. The van der Waals surface area contributed by atoms with Crippen LogP contribution in [-0.4, -0.2) is 60.8 Å². The number of amides is 3. The van der Waals surface area contributed by atoms with Gasteiger partial charge in [-0.15, -0.1) is 11.8 Å². The lowest BCUT2D eigenvalue weighted by atomic mass is 9.79. The number of nitrogens with zero attached hydrogens (tertiary/aromatic N) is 2. The minimum absolute atomic E-state index is 0.0938. The Balaban J connectivity index is 1.40. The Morgan fingerprint density at radius 1 is 1.03 bits per heavy atom. The number of urea groups is 1. The first-order valence-electron chi connectivity index (χ1n) is 11.6. The number of piperidine rings is 1. The van der Waals surface area contributed by atoms with E-state index in [0.29, 0.717) is 11.5 Å². The Morgan fingerprint density at radius 3 is 2.35 bits per heavy atom. The molecule has 1 atom stereocenters. The number of likely N-dealkylation sites (tertiary alicyclic amines) is 1. The number of imide groups is 1. The first kappa shape index (κ1) is 24.4. The number of thioether (sulfide) groups is 1. The molecular weight excluding hydrogens is 450 g/mol. The van der Waals surface area contributed by atoms with Crippen LogP contribution >= 0.6 is 11.8 Å². The topological polar surface area (TPSA) is 71.1 Å². The van der Waals surface area contributed by atoms with Gasteiger partial charge in [-0.1, -0.05) is 24.3 Å². The number of para-hydroxylation sites is 1. The quantitative estimate of drug-likeness (QED) is 0.449. The van der Waals surface area contributed by atoms with Crippen LogP contribution < -0.4 is 14.8 Å². The van der Waals surface area contributed by atoms with E-state index in [9.17, 15) is 9.59 Å². The number of rotatable bonds is 8. The third-order valence-electron chi connectivity index (χ3n) is 7.08. The molecular formula is C26H33N3O4S. The molecule has 0 aliphatic carbocycles. The second kappa shape index (κ2) is 10.3. The first-order valence-corrected chi connectivity index (χ1v) is 12.8. The van der Waals surface area contributed by atoms with E-state index in [1.807, 2.05) is 19.1 Å². The molecule has 2 aromatic carbocycles. The molecule has 2 aliphatic heterocycles. The van der Waals surface area contributed by atoms with Crippen LogP contribution in [0.5, 0.6) is 11.5 Å². The van der Waals surface area contributed by atoms with Gasteiger partial charge in [0, 0.05) is 17.0 Å². The van der Waals surface area contributed by atoms with Crippen molar-refractivity contribution in [3.8, 4) is 11.5 Å². The smallest absolute Gasteiger partial charge is 0.325 e. The van der Waals surface area contributed by atoms with Crippen LogP contribution in [0.4, 0.5) is 4.79 Å². The molecule has 7 nitrogen and oxygen atoms in total. The molecule has 2 aromatic rings. The maximum absolute atomic E-state index is 13.5. The van der Waals surface area contributed by atoms with Crippen molar-refractivity contribution >= 4 is 23.7 Å². The lowest BCUT2D eigenvalue weighted by molar-refractivity contribution is -0.133. The van der Waals surface area contributed by atoms with Crippen molar-refractivity contribution in [2.24, 2.45) is 5.92 Å². The van der Waals surface area contributed by atoms with Crippen molar-refractivity contribution in [1.29, 1.82) is 0 Å². The van der Waals surface area contributed by atoms with E-state index in [1.165, 1.54) is 15.4 Å². The summed E-state index contributed by atoms with van der Waals surface area (Å²) in [5.41, 5.74) is 1.14. The van der Waals surface area contributed by atoms with Crippen molar-refractivity contribution in [1.82, 2.24) is 15.1 Å². The Bertz CT molecular complexity index is 1040. The summed E-state index contributed by atoms with van der Waals surface area (Å²) in [6.45, 7) is 4.72. The molecule has 34 heavy (non-hydrogen) atoms. The maximum atomic E-state index is 13.5. The van der Waals surface area contributed by atoms with Crippen LogP contribution in [0.3, 0.4) is 0 Å². The van der Waals surface area contributed by atoms with E-state index in [2.05, 4.69) is 40.7 Å². The van der Waals surface area contributed by atoms with Crippen LogP contribution in [0.15, 0.2) is 47.4 Å². The fraction of sp³-hybridized carbons (Fsp3) is 0.462. The normalized spacial score (nSPS) is 21.6. The third-order valence-corrected chi connectivity index (χ3v) is 7.83. The highest BCUT2D eigenvalue weighted by atomic mass is 32.2. The van der Waals surface area contributed by atoms with Gasteiger partial charge in [0.15, 0.2) is 11.5 Å². The van der Waals surface area contributed by atoms with Gasteiger partial charge in [-0.05, 0) is 68.8 Å². The Labute approximate surface area is 205 Å². The molecule has 2 aliphatic rings. The third kappa shape index (κ3) is 4.74. The molecule has 0 radical (unpaired) electrons. The summed E-state index contributed by atoms with van der Waals surface area (Å²) < 4.78 is 10.8. The van der Waals surface area contributed by atoms with Crippen LogP contribution in [-0.2, 0) is 17.9 Å². The largest absolute Gasteiger partial charge is 0.493 e. The van der Waals surface area contributed by atoms with Crippen molar-refractivity contribution in [3.05, 3.63) is 53.6 Å². The predicted molar refractivity (Wildman–Crippen MR) is 133 cm³/mol.